The Bertz CT molecular complexity index is 840. The maximum atomic E-state index is 13.3. The van der Waals surface area contributed by atoms with Crippen LogP contribution in [0, 0.1) is 5.82 Å². The quantitative estimate of drug-likeness (QED) is 0.796. The number of aliphatic hydroxyl groups is 1. The summed E-state index contributed by atoms with van der Waals surface area (Å²) in [6.07, 6.45) is 2.48. The molecule has 0 spiro atoms. The van der Waals surface area contributed by atoms with Crippen molar-refractivity contribution < 1.29 is 17.9 Å². The first-order valence-electron chi connectivity index (χ1n) is 8.59. The molecule has 4 nitrogen and oxygen atoms in total. The zero-order valence-electron chi connectivity index (χ0n) is 14.2. The normalized spacial score (nSPS) is 21.2. The fourth-order valence-corrected chi connectivity index (χ4v) is 5.56. The molecule has 1 N–H and O–H groups in total. The standard InChI is InChI=1S/C19H21ClFNO3S/c20-15-5-10-18(11-6-15)26(24,25)22-17(2-1-13-23)9-12-19(22)14-3-7-16(21)8-4-14/h3-8,10-11,17,19,23H,1-2,9,12-13H2. The SMILES string of the molecule is O=S(=O)(c1ccc(Cl)cc1)N1C(CCCO)CCC1c1ccc(F)cc1. The van der Waals surface area contributed by atoms with Crippen molar-refractivity contribution in [1.29, 1.82) is 0 Å². The molecule has 0 radical (unpaired) electrons. The molecule has 0 bridgehead atoms. The highest BCUT2D eigenvalue weighted by atomic mass is 35.5. The van der Waals surface area contributed by atoms with Gasteiger partial charge >= 0.3 is 0 Å². The Labute approximate surface area is 158 Å². The molecule has 1 fully saturated rings. The van der Waals surface area contributed by atoms with E-state index in [1.165, 1.54) is 28.6 Å². The number of benzene rings is 2. The molecule has 0 saturated carbocycles. The highest BCUT2D eigenvalue weighted by molar-refractivity contribution is 7.89. The summed E-state index contributed by atoms with van der Waals surface area (Å²) in [7, 11) is -3.74. The molecule has 7 heteroatoms. The number of nitrogens with zero attached hydrogens (tertiary/aromatic N) is 1. The van der Waals surface area contributed by atoms with E-state index in [9.17, 15) is 12.8 Å². The highest BCUT2D eigenvalue weighted by Gasteiger charge is 2.42. The van der Waals surface area contributed by atoms with Crippen LogP contribution in [0.2, 0.25) is 5.02 Å². The Morgan fingerprint density at radius 1 is 1.08 bits per heavy atom. The summed E-state index contributed by atoms with van der Waals surface area (Å²) >= 11 is 5.89. The van der Waals surface area contributed by atoms with Crippen molar-refractivity contribution >= 4 is 21.6 Å². The van der Waals surface area contributed by atoms with Gasteiger partial charge in [0.15, 0.2) is 0 Å². The van der Waals surface area contributed by atoms with Gasteiger partial charge in [0.25, 0.3) is 0 Å². The zero-order chi connectivity index (χ0) is 18.7. The molecule has 26 heavy (non-hydrogen) atoms. The molecular formula is C19H21ClFNO3S. The van der Waals surface area contributed by atoms with Gasteiger partial charge in [0.2, 0.25) is 10.0 Å². The van der Waals surface area contributed by atoms with Gasteiger partial charge in [0.1, 0.15) is 5.82 Å². The number of aliphatic hydroxyl groups excluding tert-OH is 1. The van der Waals surface area contributed by atoms with Crippen molar-refractivity contribution in [1.82, 2.24) is 4.31 Å². The van der Waals surface area contributed by atoms with E-state index in [4.69, 9.17) is 16.7 Å². The van der Waals surface area contributed by atoms with Gasteiger partial charge in [-0.1, -0.05) is 23.7 Å². The van der Waals surface area contributed by atoms with Gasteiger partial charge in [-0.15, -0.1) is 0 Å². The molecule has 2 atom stereocenters. The van der Waals surface area contributed by atoms with Crippen LogP contribution in [0.25, 0.3) is 0 Å². The Hall–Kier alpha value is -1.47. The van der Waals surface area contributed by atoms with Crippen molar-refractivity contribution in [2.24, 2.45) is 0 Å². The Kier molecular flexibility index (Phi) is 5.97. The molecule has 2 aromatic carbocycles. The van der Waals surface area contributed by atoms with Gasteiger partial charge in [-0.25, -0.2) is 12.8 Å². The third-order valence-electron chi connectivity index (χ3n) is 4.78. The summed E-state index contributed by atoms with van der Waals surface area (Å²) in [6, 6.07) is 11.5. The van der Waals surface area contributed by atoms with E-state index < -0.39 is 10.0 Å². The van der Waals surface area contributed by atoms with E-state index in [1.807, 2.05) is 0 Å². The second-order valence-electron chi connectivity index (χ2n) is 6.45. The van der Waals surface area contributed by atoms with E-state index in [1.54, 1.807) is 24.3 Å². The monoisotopic (exact) mass is 397 g/mol. The summed E-state index contributed by atoms with van der Waals surface area (Å²) < 4.78 is 41.4. The molecule has 1 heterocycles. The predicted molar refractivity (Wildman–Crippen MR) is 99.0 cm³/mol. The first kappa shape index (κ1) is 19.3. The van der Waals surface area contributed by atoms with Gasteiger partial charge in [-0.3, -0.25) is 0 Å². The van der Waals surface area contributed by atoms with Crippen LogP contribution < -0.4 is 0 Å². The van der Waals surface area contributed by atoms with Crippen LogP contribution in [0.1, 0.15) is 37.3 Å². The van der Waals surface area contributed by atoms with E-state index in [-0.39, 0.29) is 29.4 Å². The zero-order valence-corrected chi connectivity index (χ0v) is 15.8. The molecule has 1 aliphatic heterocycles. The predicted octanol–water partition coefficient (Wildman–Crippen LogP) is 4.15. The van der Waals surface area contributed by atoms with Crippen LogP contribution in [0.5, 0.6) is 0 Å². The number of hydrogen-bond acceptors (Lipinski definition) is 3. The van der Waals surface area contributed by atoms with Crippen molar-refractivity contribution in [3.05, 3.63) is 64.9 Å². The number of rotatable bonds is 6. The molecule has 0 aliphatic carbocycles. The minimum atomic E-state index is -3.74. The number of sulfonamides is 1. The smallest absolute Gasteiger partial charge is 0.243 e. The van der Waals surface area contributed by atoms with Crippen LogP contribution in [-0.2, 0) is 10.0 Å². The van der Waals surface area contributed by atoms with Crippen LogP contribution in [-0.4, -0.2) is 30.5 Å². The average molecular weight is 398 g/mol. The van der Waals surface area contributed by atoms with E-state index in [2.05, 4.69) is 0 Å². The van der Waals surface area contributed by atoms with Crippen molar-refractivity contribution in [3.8, 4) is 0 Å². The maximum absolute atomic E-state index is 13.3. The lowest BCUT2D eigenvalue weighted by Gasteiger charge is -2.30. The molecule has 3 rings (SSSR count). The molecule has 0 aromatic heterocycles. The van der Waals surface area contributed by atoms with Gasteiger partial charge in [0, 0.05) is 17.7 Å². The van der Waals surface area contributed by atoms with E-state index in [0.29, 0.717) is 30.7 Å². The van der Waals surface area contributed by atoms with Gasteiger partial charge < -0.3 is 5.11 Å². The Morgan fingerprint density at radius 3 is 2.35 bits per heavy atom. The molecule has 2 aromatic rings. The van der Waals surface area contributed by atoms with Crippen LogP contribution in [0.4, 0.5) is 4.39 Å². The number of halogens is 2. The first-order chi connectivity index (χ1) is 12.4. The Morgan fingerprint density at radius 2 is 1.73 bits per heavy atom. The van der Waals surface area contributed by atoms with E-state index in [0.717, 1.165) is 5.56 Å². The van der Waals surface area contributed by atoms with Crippen LogP contribution in [0.3, 0.4) is 0 Å². The molecule has 1 saturated heterocycles. The molecule has 0 amide bonds. The topological polar surface area (TPSA) is 57.6 Å². The third kappa shape index (κ3) is 3.93. The largest absolute Gasteiger partial charge is 0.396 e. The highest BCUT2D eigenvalue weighted by Crippen LogP contribution is 2.42. The first-order valence-corrected chi connectivity index (χ1v) is 10.4. The van der Waals surface area contributed by atoms with Crippen molar-refractivity contribution in [2.45, 2.75) is 42.7 Å². The van der Waals surface area contributed by atoms with E-state index >= 15 is 0 Å². The maximum Gasteiger partial charge on any atom is 0.243 e. The van der Waals surface area contributed by atoms with Gasteiger partial charge in [0.05, 0.1) is 10.9 Å². The molecule has 2 unspecified atom stereocenters. The minimum absolute atomic E-state index is 0.0204. The summed E-state index contributed by atoms with van der Waals surface area (Å²) in [4.78, 5) is 0.185. The van der Waals surface area contributed by atoms with Crippen LogP contribution in [0.15, 0.2) is 53.4 Å². The molecule has 1 aliphatic rings. The van der Waals surface area contributed by atoms with Crippen LogP contribution >= 0.6 is 11.6 Å². The van der Waals surface area contributed by atoms with Crippen molar-refractivity contribution in [2.75, 3.05) is 6.61 Å². The fourth-order valence-electron chi connectivity index (χ4n) is 3.55. The number of hydrogen-bond donors (Lipinski definition) is 1. The lowest BCUT2D eigenvalue weighted by Crippen LogP contribution is -2.37. The summed E-state index contributed by atoms with van der Waals surface area (Å²) in [5.74, 6) is -0.351. The lowest BCUT2D eigenvalue weighted by molar-refractivity contribution is 0.253. The third-order valence-corrected chi connectivity index (χ3v) is 7.01. The Balaban J connectivity index is 2.00. The fraction of sp³-hybridized carbons (Fsp3) is 0.368. The van der Waals surface area contributed by atoms with Gasteiger partial charge in [-0.2, -0.15) is 4.31 Å². The second-order valence-corrected chi connectivity index (χ2v) is 8.73. The van der Waals surface area contributed by atoms with Gasteiger partial charge in [-0.05, 0) is 67.6 Å². The molecular weight excluding hydrogens is 377 g/mol. The summed E-state index contributed by atoms with van der Waals surface area (Å²) in [5, 5.41) is 9.62. The second kappa shape index (κ2) is 8.05. The average Bonchev–Trinajstić information content (AvgIpc) is 3.05. The summed E-state index contributed by atoms with van der Waals surface area (Å²) in [6.45, 7) is 0.0204. The lowest BCUT2D eigenvalue weighted by atomic mass is 10.1. The summed E-state index contributed by atoms with van der Waals surface area (Å²) in [5.41, 5.74) is 0.774. The van der Waals surface area contributed by atoms with Crippen molar-refractivity contribution in [3.63, 3.8) is 0 Å². The molecule has 140 valence electrons. The minimum Gasteiger partial charge on any atom is -0.396 e.